The summed E-state index contributed by atoms with van der Waals surface area (Å²) in [4.78, 5) is 16.3. The van der Waals surface area contributed by atoms with Crippen molar-refractivity contribution in [1.82, 2.24) is 20.0 Å². The predicted octanol–water partition coefficient (Wildman–Crippen LogP) is 3.10. The minimum Gasteiger partial charge on any atom is -0.345 e. The number of nitrogens with one attached hydrogen (secondary N) is 1. The van der Waals surface area contributed by atoms with E-state index in [0.29, 0.717) is 5.56 Å². The minimum absolute atomic E-state index is 0.0108. The van der Waals surface area contributed by atoms with E-state index in [1.165, 1.54) is 5.56 Å². The van der Waals surface area contributed by atoms with Gasteiger partial charge in [-0.1, -0.05) is 23.7 Å². The Morgan fingerprint density at radius 3 is 3.04 bits per heavy atom. The summed E-state index contributed by atoms with van der Waals surface area (Å²) >= 11 is 6.08. The maximum absolute atomic E-state index is 12.3. The highest BCUT2D eigenvalue weighted by molar-refractivity contribution is 6.30. The topological polar surface area (TPSA) is 52.2 Å². The molecule has 122 valence electrons. The summed E-state index contributed by atoms with van der Waals surface area (Å²) in [5.74, 6) is -0.0108. The molecular formula is C17H21ClN4O. The third-order valence-corrected chi connectivity index (χ3v) is 4.51. The van der Waals surface area contributed by atoms with Crippen molar-refractivity contribution in [3.05, 3.63) is 52.3 Å². The van der Waals surface area contributed by atoms with Crippen LogP contribution in [0.15, 0.2) is 30.5 Å². The lowest BCUT2D eigenvalue weighted by atomic mass is 10.1. The first-order valence-corrected chi connectivity index (χ1v) is 8.17. The average molecular weight is 333 g/mol. The van der Waals surface area contributed by atoms with E-state index >= 15 is 0 Å². The lowest BCUT2D eigenvalue weighted by Crippen LogP contribution is -2.27. The number of H-pyrrole nitrogens is 1. The highest BCUT2D eigenvalue weighted by Crippen LogP contribution is 2.34. The van der Waals surface area contributed by atoms with Crippen molar-refractivity contribution in [3.63, 3.8) is 0 Å². The summed E-state index contributed by atoms with van der Waals surface area (Å²) in [6.07, 6.45) is 3.77. The molecule has 1 fully saturated rings. The summed E-state index contributed by atoms with van der Waals surface area (Å²) in [6, 6.07) is 8.13. The summed E-state index contributed by atoms with van der Waals surface area (Å²) < 4.78 is 0. The first kappa shape index (κ1) is 16.0. The Morgan fingerprint density at radius 1 is 1.48 bits per heavy atom. The van der Waals surface area contributed by atoms with Gasteiger partial charge in [-0.2, -0.15) is 5.10 Å². The molecule has 1 aliphatic rings. The first-order chi connectivity index (χ1) is 11.1. The second-order valence-electron chi connectivity index (χ2n) is 6.16. The van der Waals surface area contributed by atoms with Crippen LogP contribution in [-0.4, -0.2) is 46.5 Å². The van der Waals surface area contributed by atoms with Gasteiger partial charge in [-0.3, -0.25) is 14.8 Å². The van der Waals surface area contributed by atoms with E-state index in [0.717, 1.165) is 36.6 Å². The van der Waals surface area contributed by atoms with Crippen molar-refractivity contribution in [2.75, 3.05) is 20.6 Å². The van der Waals surface area contributed by atoms with Crippen LogP contribution in [0, 0.1) is 0 Å². The first-order valence-electron chi connectivity index (χ1n) is 7.79. The fourth-order valence-corrected chi connectivity index (χ4v) is 3.39. The molecule has 1 atom stereocenters. The molecule has 5 nitrogen and oxygen atoms in total. The van der Waals surface area contributed by atoms with E-state index in [9.17, 15) is 4.79 Å². The monoisotopic (exact) mass is 332 g/mol. The van der Waals surface area contributed by atoms with Crippen molar-refractivity contribution < 1.29 is 4.79 Å². The van der Waals surface area contributed by atoms with Gasteiger partial charge in [-0.05, 0) is 37.1 Å². The molecule has 2 aromatic rings. The Morgan fingerprint density at radius 2 is 2.30 bits per heavy atom. The van der Waals surface area contributed by atoms with Crippen LogP contribution >= 0.6 is 11.6 Å². The number of halogens is 1. The summed E-state index contributed by atoms with van der Waals surface area (Å²) in [6.45, 7) is 1.83. The molecule has 1 amide bonds. The van der Waals surface area contributed by atoms with Crippen molar-refractivity contribution >= 4 is 17.5 Å². The van der Waals surface area contributed by atoms with Crippen LogP contribution in [0.25, 0.3) is 0 Å². The molecule has 0 radical (unpaired) electrons. The van der Waals surface area contributed by atoms with E-state index in [-0.39, 0.29) is 11.9 Å². The Labute approximate surface area is 141 Å². The molecule has 1 N–H and O–H groups in total. The number of carbonyl (C=O) groups excluding carboxylic acids is 1. The van der Waals surface area contributed by atoms with E-state index in [2.05, 4.69) is 21.2 Å². The maximum atomic E-state index is 12.3. The molecular weight excluding hydrogens is 312 g/mol. The van der Waals surface area contributed by atoms with Gasteiger partial charge in [-0.15, -0.1) is 0 Å². The van der Waals surface area contributed by atoms with Gasteiger partial charge in [0, 0.05) is 25.7 Å². The normalized spacial score (nSPS) is 18.3. The SMILES string of the molecule is CN(C)C(=O)c1cn[nH]c1[C@H]1CCCN1Cc1cccc(Cl)c1. The van der Waals surface area contributed by atoms with Gasteiger partial charge in [0.15, 0.2) is 0 Å². The summed E-state index contributed by atoms with van der Waals surface area (Å²) in [5.41, 5.74) is 2.77. The van der Waals surface area contributed by atoms with Crippen LogP contribution in [0.2, 0.25) is 5.02 Å². The number of rotatable bonds is 4. The smallest absolute Gasteiger partial charge is 0.256 e. The second-order valence-corrected chi connectivity index (χ2v) is 6.59. The molecule has 1 saturated heterocycles. The van der Waals surface area contributed by atoms with Crippen LogP contribution in [-0.2, 0) is 6.54 Å². The van der Waals surface area contributed by atoms with Gasteiger partial charge in [0.1, 0.15) is 0 Å². The number of aromatic amines is 1. The Bertz CT molecular complexity index is 697. The molecule has 0 bridgehead atoms. The fourth-order valence-electron chi connectivity index (χ4n) is 3.17. The van der Waals surface area contributed by atoms with E-state index < -0.39 is 0 Å². The molecule has 1 aliphatic heterocycles. The van der Waals surface area contributed by atoms with Crippen LogP contribution < -0.4 is 0 Å². The zero-order valence-corrected chi connectivity index (χ0v) is 14.2. The molecule has 23 heavy (non-hydrogen) atoms. The molecule has 0 spiro atoms. The van der Waals surface area contributed by atoms with Crippen LogP contribution in [0.4, 0.5) is 0 Å². The zero-order chi connectivity index (χ0) is 16.4. The third kappa shape index (κ3) is 3.41. The maximum Gasteiger partial charge on any atom is 0.256 e. The third-order valence-electron chi connectivity index (χ3n) is 4.28. The molecule has 6 heteroatoms. The number of amides is 1. The van der Waals surface area contributed by atoms with E-state index in [1.54, 1.807) is 25.2 Å². The molecule has 3 rings (SSSR count). The standard InChI is InChI=1S/C17H21ClN4O/c1-21(2)17(23)14-10-19-20-16(14)15-7-4-8-22(15)11-12-5-3-6-13(18)9-12/h3,5-6,9-10,15H,4,7-8,11H2,1-2H3,(H,19,20)/t15-/m1/s1. The summed E-state index contributed by atoms with van der Waals surface area (Å²) in [7, 11) is 3.52. The minimum atomic E-state index is -0.0108. The summed E-state index contributed by atoms with van der Waals surface area (Å²) in [5, 5.41) is 7.90. The van der Waals surface area contributed by atoms with E-state index in [1.807, 2.05) is 18.2 Å². The Balaban J connectivity index is 1.82. The lowest BCUT2D eigenvalue weighted by molar-refractivity contribution is 0.0824. The average Bonchev–Trinajstić information content (AvgIpc) is 3.14. The van der Waals surface area contributed by atoms with Crippen molar-refractivity contribution in [2.24, 2.45) is 0 Å². The van der Waals surface area contributed by atoms with Gasteiger partial charge in [0.05, 0.1) is 23.5 Å². The number of hydrogen-bond acceptors (Lipinski definition) is 3. The number of hydrogen-bond donors (Lipinski definition) is 1. The highest BCUT2D eigenvalue weighted by Gasteiger charge is 2.31. The van der Waals surface area contributed by atoms with Gasteiger partial charge in [-0.25, -0.2) is 0 Å². The van der Waals surface area contributed by atoms with Gasteiger partial charge >= 0.3 is 0 Å². The predicted molar refractivity (Wildman–Crippen MR) is 90.4 cm³/mol. The van der Waals surface area contributed by atoms with Crippen molar-refractivity contribution in [2.45, 2.75) is 25.4 Å². The largest absolute Gasteiger partial charge is 0.345 e. The second kappa shape index (κ2) is 6.72. The van der Waals surface area contributed by atoms with Crippen LogP contribution in [0.3, 0.4) is 0 Å². The van der Waals surface area contributed by atoms with E-state index in [4.69, 9.17) is 11.6 Å². The number of likely N-dealkylation sites (tertiary alicyclic amines) is 1. The van der Waals surface area contributed by atoms with Gasteiger partial charge in [0.2, 0.25) is 0 Å². The lowest BCUT2D eigenvalue weighted by Gasteiger charge is -2.25. The van der Waals surface area contributed by atoms with Crippen LogP contribution in [0.5, 0.6) is 0 Å². The Kier molecular flexibility index (Phi) is 4.68. The molecule has 0 unspecified atom stereocenters. The fraction of sp³-hybridized carbons (Fsp3) is 0.412. The quantitative estimate of drug-likeness (QED) is 0.936. The molecule has 1 aromatic heterocycles. The number of benzene rings is 1. The van der Waals surface area contributed by atoms with Crippen molar-refractivity contribution in [1.29, 1.82) is 0 Å². The highest BCUT2D eigenvalue weighted by atomic mass is 35.5. The van der Waals surface area contributed by atoms with Gasteiger partial charge in [0.25, 0.3) is 5.91 Å². The number of nitrogens with zero attached hydrogens (tertiary/aromatic N) is 3. The molecule has 1 aromatic carbocycles. The van der Waals surface area contributed by atoms with Crippen LogP contribution in [0.1, 0.15) is 40.5 Å². The van der Waals surface area contributed by atoms with Gasteiger partial charge < -0.3 is 4.90 Å². The van der Waals surface area contributed by atoms with Crippen molar-refractivity contribution in [3.8, 4) is 0 Å². The number of aromatic nitrogens is 2. The molecule has 2 heterocycles. The Hall–Kier alpha value is -1.85. The molecule has 0 aliphatic carbocycles. The number of carbonyl (C=O) groups is 1. The molecule has 0 saturated carbocycles. The zero-order valence-electron chi connectivity index (χ0n) is 13.4.